The van der Waals surface area contributed by atoms with Crippen molar-refractivity contribution >= 4 is 40.8 Å². The molecular weight excluding hydrogens is 543 g/mol. The van der Waals surface area contributed by atoms with Gasteiger partial charge in [-0.1, -0.05) is 30.3 Å². The van der Waals surface area contributed by atoms with E-state index in [4.69, 9.17) is 0 Å². The van der Waals surface area contributed by atoms with Crippen molar-refractivity contribution in [2.24, 2.45) is 5.92 Å². The maximum absolute atomic E-state index is 13.4. The number of carbonyl (C=O) groups excluding carboxylic acids is 4. The van der Waals surface area contributed by atoms with Crippen molar-refractivity contribution in [1.82, 2.24) is 14.7 Å². The minimum Gasteiger partial charge on any atom is -0.343 e. The van der Waals surface area contributed by atoms with E-state index in [2.05, 4.69) is 0 Å². The van der Waals surface area contributed by atoms with E-state index in [1.165, 1.54) is 24.3 Å². The molecule has 1 atom stereocenters. The van der Waals surface area contributed by atoms with Gasteiger partial charge in [0.2, 0.25) is 5.91 Å². The number of alkyl halides is 3. The monoisotopic (exact) mass is 573 g/mol. The van der Waals surface area contributed by atoms with Gasteiger partial charge in [-0.15, -0.1) is 0 Å². The molecule has 0 bridgehead atoms. The number of carbonyl (C=O) groups is 4. The van der Waals surface area contributed by atoms with Crippen LogP contribution in [0, 0.1) is 5.92 Å². The molecule has 212 valence electrons. The van der Waals surface area contributed by atoms with E-state index in [1.807, 2.05) is 13.8 Å². The van der Waals surface area contributed by atoms with Crippen LogP contribution in [-0.4, -0.2) is 63.8 Å². The zero-order valence-electron chi connectivity index (χ0n) is 22.2. The smallest absolute Gasteiger partial charge is 0.343 e. The lowest BCUT2D eigenvalue weighted by Gasteiger charge is -2.34. The van der Waals surface area contributed by atoms with Crippen molar-refractivity contribution in [2.45, 2.75) is 39.4 Å². The van der Waals surface area contributed by atoms with Crippen LogP contribution in [0.2, 0.25) is 0 Å². The number of hydrogen-bond acceptors (Lipinski definition) is 5. The molecule has 40 heavy (non-hydrogen) atoms. The third kappa shape index (κ3) is 6.41. The lowest BCUT2D eigenvalue weighted by atomic mass is 9.95. The molecule has 4 amide bonds. The predicted molar refractivity (Wildman–Crippen MR) is 146 cm³/mol. The highest BCUT2D eigenvalue weighted by Gasteiger charge is 2.38. The molecule has 2 saturated heterocycles. The number of likely N-dealkylation sites (tertiary alicyclic amines) is 1. The molecule has 2 fully saturated rings. The Morgan fingerprint density at radius 2 is 1.73 bits per heavy atom. The van der Waals surface area contributed by atoms with Gasteiger partial charge in [0.1, 0.15) is 0 Å². The van der Waals surface area contributed by atoms with E-state index in [0.29, 0.717) is 49.1 Å². The van der Waals surface area contributed by atoms with Gasteiger partial charge in [0, 0.05) is 31.7 Å². The number of thioether (sulfide) groups is 1. The van der Waals surface area contributed by atoms with Gasteiger partial charge in [0.05, 0.1) is 22.9 Å². The number of piperidine rings is 1. The van der Waals surface area contributed by atoms with Crippen molar-refractivity contribution in [3.8, 4) is 0 Å². The summed E-state index contributed by atoms with van der Waals surface area (Å²) in [5, 5.41) is -0.654. The molecule has 7 nitrogen and oxygen atoms in total. The summed E-state index contributed by atoms with van der Waals surface area (Å²) in [5.74, 6) is -1.03. The maximum Gasteiger partial charge on any atom is 0.416 e. The summed E-state index contributed by atoms with van der Waals surface area (Å²) in [5.41, 5.74) is -0.0631. The van der Waals surface area contributed by atoms with Crippen LogP contribution in [0.4, 0.5) is 18.0 Å². The minimum atomic E-state index is -4.61. The van der Waals surface area contributed by atoms with E-state index >= 15 is 0 Å². The van der Waals surface area contributed by atoms with Gasteiger partial charge in [0.25, 0.3) is 17.1 Å². The van der Waals surface area contributed by atoms with Crippen molar-refractivity contribution in [2.75, 3.05) is 26.2 Å². The summed E-state index contributed by atoms with van der Waals surface area (Å²) >= 11 is 0.657. The number of benzene rings is 2. The largest absolute Gasteiger partial charge is 0.416 e. The number of hydrogen-bond donors (Lipinski definition) is 0. The lowest BCUT2D eigenvalue weighted by Crippen LogP contribution is -2.46. The lowest BCUT2D eigenvalue weighted by molar-refractivity contribution is -0.139. The second-order valence-electron chi connectivity index (χ2n) is 9.65. The number of halogens is 3. The third-order valence-electron chi connectivity index (χ3n) is 7.11. The molecule has 2 aliphatic rings. The Balaban J connectivity index is 1.44. The van der Waals surface area contributed by atoms with Crippen LogP contribution in [0.25, 0.3) is 6.08 Å². The van der Waals surface area contributed by atoms with E-state index in [-0.39, 0.29) is 28.2 Å². The van der Waals surface area contributed by atoms with Crippen LogP contribution < -0.4 is 0 Å². The Morgan fingerprint density at radius 3 is 2.38 bits per heavy atom. The van der Waals surface area contributed by atoms with Crippen LogP contribution in [-0.2, 0) is 22.3 Å². The van der Waals surface area contributed by atoms with E-state index in [9.17, 15) is 32.3 Å². The average Bonchev–Trinajstić information content (AvgIpc) is 3.20. The zero-order valence-corrected chi connectivity index (χ0v) is 23.1. The molecule has 2 aliphatic heterocycles. The van der Waals surface area contributed by atoms with Crippen molar-refractivity contribution in [1.29, 1.82) is 0 Å². The van der Waals surface area contributed by atoms with Crippen molar-refractivity contribution < 1.29 is 32.3 Å². The standard InChI is InChI=1S/C29H30F3N3O4S/c1-3-33(4-2)26(37)22-9-7-15-34(17-22)25(36)20-13-11-19(12-14-20)16-24-27(38)35(28(39)40-24)18-21-8-5-6-10-23(21)29(30,31)32/h5-6,8,10-14,16,22H,3-4,7,9,15,17-18H2,1-2H3. The van der Waals surface area contributed by atoms with Crippen molar-refractivity contribution in [3.05, 3.63) is 75.7 Å². The number of amides is 4. The predicted octanol–water partition coefficient (Wildman–Crippen LogP) is 5.66. The Morgan fingerprint density at radius 1 is 1.05 bits per heavy atom. The first-order chi connectivity index (χ1) is 19.0. The molecule has 0 saturated carbocycles. The molecule has 0 aliphatic carbocycles. The summed E-state index contributed by atoms with van der Waals surface area (Å²) in [6.45, 7) is 5.56. The van der Waals surface area contributed by atoms with Gasteiger partial charge < -0.3 is 9.80 Å². The molecule has 1 unspecified atom stereocenters. The highest BCUT2D eigenvalue weighted by Crippen LogP contribution is 2.36. The van der Waals surface area contributed by atoms with Crippen LogP contribution >= 0.6 is 11.8 Å². The van der Waals surface area contributed by atoms with Gasteiger partial charge in [-0.05, 0) is 73.9 Å². The molecule has 2 heterocycles. The number of nitrogens with zero attached hydrogens (tertiary/aromatic N) is 3. The van der Waals surface area contributed by atoms with Crippen LogP contribution in [0.5, 0.6) is 0 Å². The third-order valence-corrected chi connectivity index (χ3v) is 8.02. The highest BCUT2D eigenvalue weighted by atomic mass is 32.2. The van der Waals surface area contributed by atoms with E-state index < -0.39 is 29.4 Å². The fourth-order valence-corrected chi connectivity index (χ4v) is 5.79. The van der Waals surface area contributed by atoms with E-state index in [0.717, 1.165) is 23.8 Å². The fourth-order valence-electron chi connectivity index (χ4n) is 4.95. The minimum absolute atomic E-state index is 0.0636. The van der Waals surface area contributed by atoms with Gasteiger partial charge in [-0.2, -0.15) is 13.2 Å². The second-order valence-corrected chi connectivity index (χ2v) is 10.6. The molecule has 11 heteroatoms. The van der Waals surface area contributed by atoms with E-state index in [1.54, 1.807) is 34.1 Å². The molecule has 2 aromatic carbocycles. The first kappa shape index (κ1) is 29.4. The second kappa shape index (κ2) is 12.3. The van der Waals surface area contributed by atoms with Crippen molar-refractivity contribution in [3.63, 3.8) is 0 Å². The molecule has 4 rings (SSSR count). The highest BCUT2D eigenvalue weighted by molar-refractivity contribution is 8.18. The molecule has 2 aromatic rings. The van der Waals surface area contributed by atoms with Gasteiger partial charge in [-0.3, -0.25) is 24.1 Å². The quantitative estimate of drug-likeness (QED) is 0.400. The first-order valence-electron chi connectivity index (χ1n) is 13.1. The number of rotatable bonds is 7. The summed E-state index contributed by atoms with van der Waals surface area (Å²) < 4.78 is 40.1. The van der Waals surface area contributed by atoms with Crippen LogP contribution in [0.1, 0.15) is 53.7 Å². The topological polar surface area (TPSA) is 78.0 Å². The van der Waals surface area contributed by atoms with Gasteiger partial charge in [0.15, 0.2) is 0 Å². The molecule has 0 spiro atoms. The van der Waals surface area contributed by atoms with Crippen LogP contribution in [0.15, 0.2) is 53.4 Å². The Kier molecular flexibility index (Phi) is 9.02. The normalized spacial score (nSPS) is 18.9. The molecule has 0 radical (unpaired) electrons. The molecular formula is C29H30F3N3O4S. The molecule has 0 aromatic heterocycles. The first-order valence-corrected chi connectivity index (χ1v) is 13.9. The van der Waals surface area contributed by atoms with Gasteiger partial charge >= 0.3 is 6.18 Å². The van der Waals surface area contributed by atoms with Crippen LogP contribution in [0.3, 0.4) is 0 Å². The zero-order chi connectivity index (χ0) is 29.0. The summed E-state index contributed by atoms with van der Waals surface area (Å²) in [6.07, 6.45) is -1.64. The molecule has 0 N–H and O–H groups in total. The number of imide groups is 1. The summed E-state index contributed by atoms with van der Waals surface area (Å²) in [7, 11) is 0. The summed E-state index contributed by atoms with van der Waals surface area (Å²) in [6, 6.07) is 11.4. The fraction of sp³-hybridized carbons (Fsp3) is 0.379. The van der Waals surface area contributed by atoms with Gasteiger partial charge in [-0.25, -0.2) is 0 Å². The maximum atomic E-state index is 13.4. The SMILES string of the molecule is CCN(CC)C(=O)C1CCCN(C(=O)c2ccc(C=C3SC(=O)N(Cc4ccccc4C(F)(F)F)C3=O)cc2)C1. The Bertz CT molecular complexity index is 1320. The Labute approximate surface area is 235 Å². The Hall–Kier alpha value is -3.60. The average molecular weight is 574 g/mol. The summed E-state index contributed by atoms with van der Waals surface area (Å²) in [4.78, 5) is 55.7.